The molecule has 0 spiro atoms. The van der Waals surface area contributed by atoms with Crippen LogP contribution in [0.4, 0.5) is 5.69 Å². The van der Waals surface area contributed by atoms with E-state index in [9.17, 15) is 9.90 Å². The Morgan fingerprint density at radius 1 is 1.26 bits per heavy atom. The zero-order valence-electron chi connectivity index (χ0n) is 13.2. The molecule has 0 aliphatic carbocycles. The molecule has 1 aromatic carbocycles. The number of aromatic amines is 1. The summed E-state index contributed by atoms with van der Waals surface area (Å²) in [6, 6.07) is 9.27. The molecule has 0 saturated carbocycles. The number of carbonyl (C=O) groups is 1. The first-order valence-corrected chi connectivity index (χ1v) is 7.68. The van der Waals surface area contributed by atoms with Crippen molar-refractivity contribution in [3.8, 4) is 5.75 Å². The first kappa shape index (κ1) is 15.4. The lowest BCUT2D eigenvalue weighted by Crippen LogP contribution is -2.45. The third kappa shape index (κ3) is 3.48. The number of carbonyl (C=O) groups excluding carboxylic acids is 1. The number of phenolic OH excluding ortho intramolecular Hbond substituents is 1. The summed E-state index contributed by atoms with van der Waals surface area (Å²) in [5.74, 6) is -0.0186. The molecule has 3 rings (SSSR count). The number of ether oxygens (including phenoxy) is 1. The van der Waals surface area contributed by atoms with Crippen molar-refractivity contribution in [1.29, 1.82) is 0 Å². The predicted molar refractivity (Wildman–Crippen MR) is 87.7 cm³/mol. The molecule has 1 fully saturated rings. The lowest BCUT2D eigenvalue weighted by Gasteiger charge is -2.36. The standard InChI is InChI=1S/C17H21N3O3/c1-23-17(22)14-10-13(11-18-14)12-19-6-8-20(9-7-19)15-4-2-3-5-16(15)21/h2-5,10-11,18,21H,6-9,12H2,1H3. The second-order valence-corrected chi connectivity index (χ2v) is 5.67. The number of H-pyrrole nitrogens is 1. The summed E-state index contributed by atoms with van der Waals surface area (Å²) < 4.78 is 4.70. The molecule has 1 saturated heterocycles. The van der Waals surface area contributed by atoms with Crippen LogP contribution >= 0.6 is 0 Å². The third-order valence-corrected chi connectivity index (χ3v) is 4.15. The van der Waals surface area contributed by atoms with Crippen LogP contribution < -0.4 is 4.90 Å². The van der Waals surface area contributed by atoms with Gasteiger partial charge in [-0.05, 0) is 23.8 Å². The van der Waals surface area contributed by atoms with E-state index in [1.165, 1.54) is 7.11 Å². The highest BCUT2D eigenvalue weighted by Crippen LogP contribution is 2.27. The van der Waals surface area contributed by atoms with Gasteiger partial charge in [0.05, 0.1) is 12.8 Å². The average Bonchev–Trinajstić information content (AvgIpc) is 3.04. The molecule has 0 amide bonds. The average molecular weight is 315 g/mol. The number of phenols is 1. The van der Waals surface area contributed by atoms with Gasteiger partial charge in [-0.2, -0.15) is 0 Å². The number of aromatic nitrogens is 1. The van der Waals surface area contributed by atoms with E-state index in [-0.39, 0.29) is 5.97 Å². The summed E-state index contributed by atoms with van der Waals surface area (Å²) >= 11 is 0. The van der Waals surface area contributed by atoms with Crippen LogP contribution in [0.1, 0.15) is 16.1 Å². The molecule has 6 heteroatoms. The van der Waals surface area contributed by atoms with Crippen molar-refractivity contribution in [2.45, 2.75) is 6.54 Å². The van der Waals surface area contributed by atoms with Gasteiger partial charge in [-0.25, -0.2) is 4.79 Å². The quantitative estimate of drug-likeness (QED) is 0.843. The van der Waals surface area contributed by atoms with Crippen LogP contribution in [-0.4, -0.2) is 54.2 Å². The highest BCUT2D eigenvalue weighted by Gasteiger charge is 2.19. The van der Waals surface area contributed by atoms with Gasteiger partial charge >= 0.3 is 5.97 Å². The fourth-order valence-electron chi connectivity index (χ4n) is 2.89. The van der Waals surface area contributed by atoms with E-state index < -0.39 is 0 Å². The van der Waals surface area contributed by atoms with Crippen LogP contribution in [0.2, 0.25) is 0 Å². The summed E-state index contributed by atoms with van der Waals surface area (Å²) in [7, 11) is 1.38. The van der Waals surface area contributed by atoms with E-state index in [2.05, 4.69) is 14.8 Å². The Morgan fingerprint density at radius 3 is 2.70 bits per heavy atom. The SMILES string of the molecule is COC(=O)c1cc(CN2CCN(c3ccccc3O)CC2)c[nH]1. The summed E-state index contributed by atoms with van der Waals surface area (Å²) in [4.78, 5) is 18.9. The highest BCUT2D eigenvalue weighted by atomic mass is 16.5. The topological polar surface area (TPSA) is 68.8 Å². The van der Waals surface area contributed by atoms with Gasteiger partial charge in [-0.1, -0.05) is 12.1 Å². The molecular weight excluding hydrogens is 294 g/mol. The minimum atomic E-state index is -0.347. The van der Waals surface area contributed by atoms with E-state index >= 15 is 0 Å². The van der Waals surface area contributed by atoms with E-state index in [0.29, 0.717) is 11.4 Å². The van der Waals surface area contributed by atoms with Gasteiger partial charge in [0, 0.05) is 38.9 Å². The van der Waals surface area contributed by atoms with Gasteiger partial charge in [-0.3, -0.25) is 4.90 Å². The van der Waals surface area contributed by atoms with Crippen LogP contribution in [0, 0.1) is 0 Å². The van der Waals surface area contributed by atoms with Crippen molar-refractivity contribution < 1.29 is 14.6 Å². The van der Waals surface area contributed by atoms with E-state index in [1.54, 1.807) is 6.07 Å². The number of aromatic hydroxyl groups is 1. The highest BCUT2D eigenvalue weighted by molar-refractivity contribution is 5.87. The summed E-state index contributed by atoms with van der Waals surface area (Å²) in [5.41, 5.74) is 2.44. The van der Waals surface area contributed by atoms with Crippen molar-refractivity contribution in [2.24, 2.45) is 0 Å². The molecule has 2 N–H and O–H groups in total. The van der Waals surface area contributed by atoms with Crippen LogP contribution in [0.3, 0.4) is 0 Å². The number of hydrogen-bond acceptors (Lipinski definition) is 5. The second kappa shape index (κ2) is 6.75. The van der Waals surface area contributed by atoms with E-state index in [1.807, 2.05) is 30.5 Å². The molecule has 1 aliphatic heterocycles. The third-order valence-electron chi connectivity index (χ3n) is 4.15. The Morgan fingerprint density at radius 2 is 2.00 bits per heavy atom. The Kier molecular flexibility index (Phi) is 4.52. The lowest BCUT2D eigenvalue weighted by molar-refractivity contribution is 0.0595. The van der Waals surface area contributed by atoms with Gasteiger partial charge in [-0.15, -0.1) is 0 Å². The molecule has 2 aromatic rings. The number of anilines is 1. The monoisotopic (exact) mass is 315 g/mol. The molecule has 1 aliphatic rings. The van der Waals surface area contributed by atoms with Crippen molar-refractivity contribution in [2.75, 3.05) is 38.2 Å². The first-order chi connectivity index (χ1) is 11.2. The minimum Gasteiger partial charge on any atom is -0.506 e. The summed E-state index contributed by atoms with van der Waals surface area (Å²) in [6.07, 6.45) is 1.85. The summed E-state index contributed by atoms with van der Waals surface area (Å²) in [5, 5.41) is 9.94. The van der Waals surface area contributed by atoms with Gasteiger partial charge in [0.2, 0.25) is 0 Å². The molecule has 1 aromatic heterocycles. The number of para-hydroxylation sites is 2. The van der Waals surface area contributed by atoms with Crippen LogP contribution in [0.15, 0.2) is 36.5 Å². The van der Waals surface area contributed by atoms with Crippen molar-refractivity contribution >= 4 is 11.7 Å². The van der Waals surface area contributed by atoms with Crippen LogP contribution in [0.25, 0.3) is 0 Å². The predicted octanol–water partition coefficient (Wildman–Crippen LogP) is 1.83. The Labute approximate surface area is 135 Å². The van der Waals surface area contributed by atoms with Crippen LogP contribution in [-0.2, 0) is 11.3 Å². The van der Waals surface area contributed by atoms with Gasteiger partial charge in [0.15, 0.2) is 0 Å². The molecular formula is C17H21N3O3. The van der Waals surface area contributed by atoms with Gasteiger partial charge < -0.3 is 19.7 Å². The maximum Gasteiger partial charge on any atom is 0.354 e. The van der Waals surface area contributed by atoms with Crippen molar-refractivity contribution in [1.82, 2.24) is 9.88 Å². The van der Waals surface area contributed by atoms with E-state index in [4.69, 9.17) is 4.74 Å². The zero-order chi connectivity index (χ0) is 16.2. The van der Waals surface area contributed by atoms with Gasteiger partial charge in [0.1, 0.15) is 11.4 Å². The molecule has 0 radical (unpaired) electrons. The Balaban J connectivity index is 1.56. The number of hydrogen-bond donors (Lipinski definition) is 2. The number of rotatable bonds is 4. The fourth-order valence-corrected chi connectivity index (χ4v) is 2.89. The first-order valence-electron chi connectivity index (χ1n) is 7.68. The number of piperazine rings is 1. The molecule has 0 bridgehead atoms. The molecule has 23 heavy (non-hydrogen) atoms. The number of methoxy groups -OCH3 is 1. The number of nitrogens with one attached hydrogen (secondary N) is 1. The van der Waals surface area contributed by atoms with E-state index in [0.717, 1.165) is 44.0 Å². The number of nitrogens with zero attached hydrogens (tertiary/aromatic N) is 2. The summed E-state index contributed by atoms with van der Waals surface area (Å²) in [6.45, 7) is 4.35. The lowest BCUT2D eigenvalue weighted by atomic mass is 10.2. The maximum absolute atomic E-state index is 11.5. The minimum absolute atomic E-state index is 0.328. The van der Waals surface area contributed by atoms with Crippen molar-refractivity contribution in [3.05, 3.63) is 47.8 Å². The molecule has 0 unspecified atom stereocenters. The molecule has 2 heterocycles. The molecule has 0 atom stereocenters. The normalized spacial score (nSPS) is 15.6. The second-order valence-electron chi connectivity index (χ2n) is 5.67. The van der Waals surface area contributed by atoms with Gasteiger partial charge in [0.25, 0.3) is 0 Å². The number of benzene rings is 1. The smallest absolute Gasteiger partial charge is 0.354 e. The zero-order valence-corrected chi connectivity index (χ0v) is 13.2. The Hall–Kier alpha value is -2.47. The number of esters is 1. The molecule has 122 valence electrons. The van der Waals surface area contributed by atoms with Crippen LogP contribution in [0.5, 0.6) is 5.75 Å². The fraction of sp³-hybridized carbons (Fsp3) is 0.353. The maximum atomic E-state index is 11.5. The Bertz CT molecular complexity index is 675. The largest absolute Gasteiger partial charge is 0.506 e. The van der Waals surface area contributed by atoms with Crippen molar-refractivity contribution in [3.63, 3.8) is 0 Å². The molecule has 6 nitrogen and oxygen atoms in total.